The number of hydrogen-bond donors (Lipinski definition) is 1. The summed E-state index contributed by atoms with van der Waals surface area (Å²) in [5, 5.41) is 0. The number of unbranched alkanes of at least 4 members (excludes halogenated alkanes) is 2. The van der Waals surface area contributed by atoms with Gasteiger partial charge in [0.2, 0.25) is 5.91 Å². The summed E-state index contributed by atoms with van der Waals surface area (Å²) in [6.07, 6.45) is 2.38. The molecule has 0 spiro atoms. The predicted molar refractivity (Wildman–Crippen MR) is 112 cm³/mol. The lowest BCUT2D eigenvalue weighted by molar-refractivity contribution is -0.119. The summed E-state index contributed by atoms with van der Waals surface area (Å²) in [6, 6.07) is 5.88. The van der Waals surface area contributed by atoms with E-state index in [-0.39, 0.29) is 24.2 Å². The predicted octanol–water partition coefficient (Wildman–Crippen LogP) is 3.38. The van der Waals surface area contributed by atoms with Crippen molar-refractivity contribution in [1.29, 1.82) is 0 Å². The Labute approximate surface area is 180 Å². The molecule has 2 N–H and O–H groups in total. The van der Waals surface area contributed by atoms with Crippen LogP contribution in [0.15, 0.2) is 41.3 Å². The second-order valence-electron chi connectivity index (χ2n) is 7.62. The molecule has 1 amide bonds. The number of hydrogen-bond acceptors (Lipinski definition) is 5. The second kappa shape index (κ2) is 9.23. The van der Waals surface area contributed by atoms with E-state index in [1.807, 2.05) is 6.92 Å². The Kier molecular flexibility index (Phi) is 6.86. The van der Waals surface area contributed by atoms with E-state index >= 15 is 0 Å². The maximum absolute atomic E-state index is 14.7. The first kappa shape index (κ1) is 23.0. The molecule has 1 atom stereocenters. The molecule has 2 aromatic rings. The number of ketones is 1. The number of nitrogens with zero attached hydrogens (tertiary/aromatic N) is 1. The maximum atomic E-state index is 14.7. The smallest absolute Gasteiger partial charge is 0.245 e. The van der Waals surface area contributed by atoms with E-state index in [0.717, 1.165) is 29.9 Å². The van der Waals surface area contributed by atoms with E-state index in [0.29, 0.717) is 12.0 Å². The Balaban J connectivity index is 2.11. The third-order valence-electron chi connectivity index (χ3n) is 5.22. The van der Waals surface area contributed by atoms with Crippen molar-refractivity contribution in [2.45, 2.75) is 50.1 Å². The Morgan fingerprint density at radius 3 is 2.48 bits per heavy atom. The lowest BCUT2D eigenvalue weighted by Gasteiger charge is -2.25. The molecule has 0 aliphatic carbocycles. The third kappa shape index (κ3) is 4.99. The van der Waals surface area contributed by atoms with Crippen molar-refractivity contribution < 1.29 is 26.8 Å². The average molecular weight is 451 g/mol. The summed E-state index contributed by atoms with van der Waals surface area (Å²) in [5.74, 6) is -3.24. The first-order valence-corrected chi connectivity index (χ1v) is 11.7. The van der Waals surface area contributed by atoms with Gasteiger partial charge in [-0.05, 0) is 36.2 Å². The molecule has 1 aliphatic rings. The molecule has 0 radical (unpaired) electrons. The normalized spacial score (nSPS) is 17.9. The number of halogens is 2. The molecule has 31 heavy (non-hydrogen) atoms. The molecular weight excluding hydrogens is 426 g/mol. The minimum atomic E-state index is -4.08. The van der Waals surface area contributed by atoms with E-state index in [2.05, 4.69) is 0 Å². The average Bonchev–Trinajstić information content (AvgIpc) is 2.78. The van der Waals surface area contributed by atoms with Crippen LogP contribution in [0.4, 0.5) is 14.5 Å². The summed E-state index contributed by atoms with van der Waals surface area (Å²) in [7, 11) is -4.08. The molecule has 9 heteroatoms. The highest BCUT2D eigenvalue weighted by Crippen LogP contribution is 2.34. The Morgan fingerprint density at radius 1 is 1.16 bits per heavy atom. The summed E-state index contributed by atoms with van der Waals surface area (Å²) in [6.45, 7) is 1.87. The molecule has 3 rings (SSSR count). The Morgan fingerprint density at radius 2 is 1.84 bits per heavy atom. The first-order valence-electron chi connectivity index (χ1n) is 10.0. The number of carbonyl (C=O) groups excluding carboxylic acids is 2. The van der Waals surface area contributed by atoms with Crippen molar-refractivity contribution in [1.82, 2.24) is 0 Å². The molecule has 0 aromatic heterocycles. The molecule has 0 saturated carbocycles. The van der Waals surface area contributed by atoms with Crippen LogP contribution < -0.4 is 10.6 Å². The second-order valence-corrected chi connectivity index (χ2v) is 9.62. The van der Waals surface area contributed by atoms with Crippen LogP contribution in [0.2, 0.25) is 0 Å². The van der Waals surface area contributed by atoms with Gasteiger partial charge in [0.1, 0.15) is 11.6 Å². The minimum absolute atomic E-state index is 0.0949. The summed E-state index contributed by atoms with van der Waals surface area (Å²) in [4.78, 5) is 26.2. The van der Waals surface area contributed by atoms with Crippen molar-refractivity contribution in [2.24, 2.45) is 5.73 Å². The van der Waals surface area contributed by atoms with E-state index in [9.17, 15) is 26.8 Å². The first-order chi connectivity index (χ1) is 14.6. The van der Waals surface area contributed by atoms with Crippen LogP contribution in [0.25, 0.3) is 0 Å². The number of benzene rings is 2. The summed E-state index contributed by atoms with van der Waals surface area (Å²) >= 11 is 0. The minimum Gasteiger partial charge on any atom is -0.319 e. The zero-order valence-corrected chi connectivity index (χ0v) is 17.9. The molecule has 0 unspecified atom stereocenters. The highest BCUT2D eigenvalue weighted by molar-refractivity contribution is 7.91. The van der Waals surface area contributed by atoms with Crippen LogP contribution in [-0.4, -0.2) is 31.9 Å². The van der Waals surface area contributed by atoms with Gasteiger partial charge in [0.25, 0.3) is 0 Å². The van der Waals surface area contributed by atoms with Gasteiger partial charge in [-0.2, -0.15) is 0 Å². The lowest BCUT2D eigenvalue weighted by Crippen LogP contribution is -2.45. The van der Waals surface area contributed by atoms with Gasteiger partial charge in [-0.1, -0.05) is 31.9 Å². The Hall–Kier alpha value is -2.65. The highest BCUT2D eigenvalue weighted by atomic mass is 32.2. The SMILES string of the molecule is CCCCCC(=O)c1cc2c(cc1F)S(=O)(=O)C[C@H](N)C(=O)N2Cc1ccc(F)cc1. The number of sulfone groups is 1. The standard InChI is InChI=1S/C22H24F2N2O4S/c1-2-3-4-5-20(27)16-10-19-21(11-17(16)24)31(29,30)13-18(25)22(28)26(19)12-14-6-8-15(23)9-7-14/h6-11,18H,2-5,12-13,25H2,1H3/t18-/m0/s1. The van der Waals surface area contributed by atoms with Gasteiger partial charge in [0, 0.05) is 6.42 Å². The monoisotopic (exact) mass is 450 g/mol. The highest BCUT2D eigenvalue weighted by Gasteiger charge is 2.37. The lowest BCUT2D eigenvalue weighted by atomic mass is 10.0. The number of amides is 1. The van der Waals surface area contributed by atoms with Gasteiger partial charge >= 0.3 is 0 Å². The number of carbonyl (C=O) groups is 2. The molecule has 2 aromatic carbocycles. The van der Waals surface area contributed by atoms with Crippen molar-refractivity contribution >= 4 is 27.2 Å². The third-order valence-corrected chi connectivity index (χ3v) is 7.01. The zero-order chi connectivity index (χ0) is 22.8. The van der Waals surface area contributed by atoms with E-state index in [1.165, 1.54) is 24.3 Å². The fraction of sp³-hybridized carbons (Fsp3) is 0.364. The molecule has 0 saturated heterocycles. The summed E-state index contributed by atoms with van der Waals surface area (Å²) < 4.78 is 53.6. The van der Waals surface area contributed by atoms with Crippen LogP contribution in [-0.2, 0) is 21.2 Å². The zero-order valence-electron chi connectivity index (χ0n) is 17.1. The molecule has 166 valence electrons. The number of anilines is 1. The van der Waals surface area contributed by atoms with Gasteiger partial charge in [-0.3, -0.25) is 9.59 Å². The van der Waals surface area contributed by atoms with Crippen molar-refractivity contribution in [3.63, 3.8) is 0 Å². The number of fused-ring (bicyclic) bond motifs is 1. The molecule has 0 bridgehead atoms. The van der Waals surface area contributed by atoms with E-state index < -0.39 is 49.9 Å². The number of Topliss-reactive ketones (excluding diaryl/α,β-unsaturated/α-hetero) is 1. The van der Waals surface area contributed by atoms with Gasteiger partial charge < -0.3 is 10.6 Å². The van der Waals surface area contributed by atoms with Crippen LogP contribution in [0.5, 0.6) is 0 Å². The van der Waals surface area contributed by atoms with Crippen molar-refractivity contribution in [3.05, 3.63) is 59.2 Å². The fourth-order valence-corrected chi connectivity index (χ4v) is 5.11. The quantitative estimate of drug-likeness (QED) is 0.515. The molecule has 1 heterocycles. The van der Waals surface area contributed by atoms with Crippen LogP contribution in [0.1, 0.15) is 48.5 Å². The number of rotatable bonds is 7. The van der Waals surface area contributed by atoms with E-state index in [4.69, 9.17) is 5.73 Å². The van der Waals surface area contributed by atoms with Crippen LogP contribution in [0.3, 0.4) is 0 Å². The van der Waals surface area contributed by atoms with Crippen molar-refractivity contribution in [2.75, 3.05) is 10.7 Å². The summed E-state index contributed by atoms with van der Waals surface area (Å²) in [5.41, 5.74) is 5.99. The van der Waals surface area contributed by atoms with Crippen LogP contribution >= 0.6 is 0 Å². The fourth-order valence-electron chi connectivity index (χ4n) is 3.54. The Bertz CT molecular complexity index is 1100. The maximum Gasteiger partial charge on any atom is 0.245 e. The molecular formula is C22H24F2N2O4S. The molecule has 6 nitrogen and oxygen atoms in total. The van der Waals surface area contributed by atoms with Crippen molar-refractivity contribution in [3.8, 4) is 0 Å². The van der Waals surface area contributed by atoms with E-state index in [1.54, 1.807) is 0 Å². The van der Waals surface area contributed by atoms with Crippen LogP contribution in [0, 0.1) is 11.6 Å². The van der Waals surface area contributed by atoms with Gasteiger partial charge in [0.15, 0.2) is 15.6 Å². The topological polar surface area (TPSA) is 97.5 Å². The largest absolute Gasteiger partial charge is 0.319 e. The number of nitrogens with two attached hydrogens (primary N) is 1. The molecule has 0 fully saturated rings. The van der Waals surface area contributed by atoms with Gasteiger partial charge in [0.05, 0.1) is 34.5 Å². The molecule has 1 aliphatic heterocycles. The van der Waals surface area contributed by atoms with Gasteiger partial charge in [-0.25, -0.2) is 17.2 Å². The van der Waals surface area contributed by atoms with Gasteiger partial charge in [-0.15, -0.1) is 0 Å².